The second kappa shape index (κ2) is 9.80. The zero-order chi connectivity index (χ0) is 14.2. The maximum absolute atomic E-state index is 11.9. The fourth-order valence-electron chi connectivity index (χ4n) is 2.94. The summed E-state index contributed by atoms with van der Waals surface area (Å²) in [5.41, 5.74) is 2.13. The van der Waals surface area contributed by atoms with Crippen molar-refractivity contribution in [1.82, 2.24) is 5.32 Å². The first-order valence-corrected chi connectivity index (χ1v) is 7.81. The van der Waals surface area contributed by atoms with E-state index in [-0.39, 0.29) is 18.3 Å². The van der Waals surface area contributed by atoms with Crippen molar-refractivity contribution < 1.29 is 4.79 Å². The van der Waals surface area contributed by atoms with Crippen LogP contribution < -0.4 is 10.6 Å². The molecule has 0 heterocycles. The van der Waals surface area contributed by atoms with Crippen LogP contribution in [0.1, 0.15) is 50.5 Å². The van der Waals surface area contributed by atoms with E-state index in [0.717, 1.165) is 24.6 Å². The summed E-state index contributed by atoms with van der Waals surface area (Å²) in [7, 11) is 1.93. The summed E-state index contributed by atoms with van der Waals surface area (Å²) in [4.78, 5) is 11.9. The van der Waals surface area contributed by atoms with Gasteiger partial charge in [-0.1, -0.05) is 44.2 Å². The normalized spacial score (nSPS) is 15.3. The Balaban J connectivity index is 0.00000220. The Labute approximate surface area is 134 Å². The molecule has 3 nitrogen and oxygen atoms in total. The molecule has 2 rings (SSSR count). The number of amides is 1. The fraction of sp³-hybridized carbons (Fsp3) is 0.588. The number of halogens is 1. The van der Waals surface area contributed by atoms with Crippen molar-refractivity contribution in [2.24, 2.45) is 5.92 Å². The van der Waals surface area contributed by atoms with Crippen molar-refractivity contribution in [2.45, 2.75) is 51.5 Å². The lowest BCUT2D eigenvalue weighted by molar-refractivity contribution is -0.116. The van der Waals surface area contributed by atoms with Crippen LogP contribution in [0.3, 0.4) is 0 Å². The summed E-state index contributed by atoms with van der Waals surface area (Å²) in [5.74, 6) is 0.921. The van der Waals surface area contributed by atoms with Crippen molar-refractivity contribution in [3.63, 3.8) is 0 Å². The van der Waals surface area contributed by atoms with Gasteiger partial charge in [-0.25, -0.2) is 0 Å². The maximum atomic E-state index is 11.9. The Kier molecular flexibility index (Phi) is 8.40. The zero-order valence-electron chi connectivity index (χ0n) is 12.9. The summed E-state index contributed by atoms with van der Waals surface area (Å²) in [6.45, 7) is 0.857. The molecule has 0 radical (unpaired) electrons. The molecule has 4 heteroatoms. The molecule has 0 atom stereocenters. The molecular weight excluding hydrogens is 284 g/mol. The van der Waals surface area contributed by atoms with Gasteiger partial charge >= 0.3 is 0 Å². The van der Waals surface area contributed by atoms with Crippen LogP contribution in [0, 0.1) is 5.92 Å². The lowest BCUT2D eigenvalue weighted by Gasteiger charge is -2.21. The third-order valence-corrected chi connectivity index (χ3v) is 4.12. The van der Waals surface area contributed by atoms with Crippen LogP contribution in [0.15, 0.2) is 24.3 Å². The van der Waals surface area contributed by atoms with Crippen LogP contribution in [0.2, 0.25) is 0 Å². The number of carbonyl (C=O) groups is 1. The minimum atomic E-state index is 0. The molecular formula is C17H27ClN2O. The van der Waals surface area contributed by atoms with Gasteiger partial charge in [0, 0.05) is 18.7 Å². The molecule has 0 spiro atoms. The topological polar surface area (TPSA) is 41.1 Å². The Hall–Kier alpha value is -1.06. The third-order valence-electron chi connectivity index (χ3n) is 4.12. The average molecular weight is 311 g/mol. The smallest absolute Gasteiger partial charge is 0.224 e. The standard InChI is InChI=1S/C17H26N2O.ClH/c1-18-13-15-7-10-16(11-8-15)19-17(20)12-9-14-5-3-2-4-6-14;/h7-8,10-11,14,18H,2-6,9,12-13H2,1H3,(H,19,20);1H. The molecule has 0 aromatic heterocycles. The molecule has 1 saturated carbocycles. The van der Waals surface area contributed by atoms with E-state index in [1.54, 1.807) is 0 Å². The highest BCUT2D eigenvalue weighted by Crippen LogP contribution is 2.27. The van der Waals surface area contributed by atoms with Gasteiger partial charge in [-0.05, 0) is 37.1 Å². The second-order valence-electron chi connectivity index (χ2n) is 5.82. The maximum Gasteiger partial charge on any atom is 0.224 e. The van der Waals surface area contributed by atoms with Gasteiger partial charge in [0.1, 0.15) is 0 Å². The molecule has 1 fully saturated rings. The lowest BCUT2D eigenvalue weighted by atomic mass is 9.86. The number of carbonyl (C=O) groups excluding carboxylic acids is 1. The average Bonchev–Trinajstić information content (AvgIpc) is 2.49. The molecule has 2 N–H and O–H groups in total. The zero-order valence-corrected chi connectivity index (χ0v) is 13.7. The van der Waals surface area contributed by atoms with E-state index in [1.165, 1.54) is 37.7 Å². The van der Waals surface area contributed by atoms with Crippen LogP contribution in [-0.4, -0.2) is 13.0 Å². The molecule has 1 aromatic carbocycles. The number of anilines is 1. The first-order valence-electron chi connectivity index (χ1n) is 7.81. The van der Waals surface area contributed by atoms with Crippen LogP contribution in [-0.2, 0) is 11.3 Å². The number of hydrogen-bond donors (Lipinski definition) is 2. The predicted molar refractivity (Wildman–Crippen MR) is 90.9 cm³/mol. The number of benzene rings is 1. The van der Waals surface area contributed by atoms with Crippen LogP contribution in [0.4, 0.5) is 5.69 Å². The monoisotopic (exact) mass is 310 g/mol. The van der Waals surface area contributed by atoms with Gasteiger partial charge in [-0.3, -0.25) is 4.79 Å². The van der Waals surface area contributed by atoms with E-state index >= 15 is 0 Å². The van der Waals surface area contributed by atoms with Crippen LogP contribution in [0.25, 0.3) is 0 Å². The minimum Gasteiger partial charge on any atom is -0.326 e. The summed E-state index contributed by atoms with van der Waals surface area (Å²) in [6, 6.07) is 8.05. The fourth-order valence-corrected chi connectivity index (χ4v) is 2.94. The van der Waals surface area contributed by atoms with Gasteiger partial charge in [-0.15, -0.1) is 12.4 Å². The van der Waals surface area contributed by atoms with Gasteiger partial charge in [0.05, 0.1) is 0 Å². The molecule has 118 valence electrons. The van der Waals surface area contributed by atoms with Crippen LogP contribution >= 0.6 is 12.4 Å². The highest BCUT2D eigenvalue weighted by molar-refractivity contribution is 5.90. The molecule has 0 saturated heterocycles. The highest BCUT2D eigenvalue weighted by Gasteiger charge is 2.14. The van der Waals surface area contributed by atoms with Gasteiger partial charge in [0.25, 0.3) is 0 Å². The van der Waals surface area contributed by atoms with Crippen molar-refractivity contribution >= 4 is 24.0 Å². The van der Waals surface area contributed by atoms with Crippen molar-refractivity contribution in [1.29, 1.82) is 0 Å². The van der Waals surface area contributed by atoms with Crippen LogP contribution in [0.5, 0.6) is 0 Å². The second-order valence-corrected chi connectivity index (χ2v) is 5.82. The predicted octanol–water partition coefficient (Wildman–Crippen LogP) is 4.13. The van der Waals surface area contributed by atoms with Crippen molar-refractivity contribution in [2.75, 3.05) is 12.4 Å². The highest BCUT2D eigenvalue weighted by atomic mass is 35.5. The van der Waals surface area contributed by atoms with Gasteiger partial charge < -0.3 is 10.6 Å². The Morgan fingerprint density at radius 2 is 1.81 bits per heavy atom. The molecule has 1 aromatic rings. The summed E-state index contributed by atoms with van der Waals surface area (Å²) in [6.07, 6.45) is 8.39. The molecule has 1 aliphatic carbocycles. The molecule has 1 aliphatic rings. The summed E-state index contributed by atoms with van der Waals surface area (Å²) < 4.78 is 0. The van der Waals surface area contributed by atoms with E-state index < -0.39 is 0 Å². The Morgan fingerprint density at radius 3 is 2.43 bits per heavy atom. The number of rotatable bonds is 6. The summed E-state index contributed by atoms with van der Waals surface area (Å²) in [5, 5.41) is 6.10. The molecule has 0 bridgehead atoms. The van der Waals surface area contributed by atoms with Gasteiger partial charge in [0.15, 0.2) is 0 Å². The Morgan fingerprint density at radius 1 is 1.14 bits per heavy atom. The number of hydrogen-bond acceptors (Lipinski definition) is 2. The third kappa shape index (κ3) is 6.49. The quantitative estimate of drug-likeness (QED) is 0.829. The van der Waals surface area contributed by atoms with Gasteiger partial charge in [-0.2, -0.15) is 0 Å². The first-order chi connectivity index (χ1) is 9.78. The molecule has 21 heavy (non-hydrogen) atoms. The van der Waals surface area contributed by atoms with Gasteiger partial charge in [0.2, 0.25) is 5.91 Å². The SMILES string of the molecule is CNCc1ccc(NC(=O)CCC2CCCCC2)cc1.Cl. The van der Waals surface area contributed by atoms with E-state index in [2.05, 4.69) is 10.6 Å². The number of nitrogens with one attached hydrogen (secondary N) is 2. The van der Waals surface area contributed by atoms with E-state index in [9.17, 15) is 4.79 Å². The minimum absolute atomic E-state index is 0. The molecule has 0 unspecified atom stereocenters. The van der Waals surface area contributed by atoms with Crippen molar-refractivity contribution in [3.8, 4) is 0 Å². The summed E-state index contributed by atoms with van der Waals surface area (Å²) >= 11 is 0. The van der Waals surface area contributed by atoms with E-state index in [0.29, 0.717) is 6.42 Å². The first kappa shape index (κ1) is 18.0. The molecule has 1 amide bonds. The lowest BCUT2D eigenvalue weighted by Crippen LogP contribution is -2.15. The Bertz CT molecular complexity index is 413. The van der Waals surface area contributed by atoms with E-state index in [1.807, 2.05) is 31.3 Å². The largest absolute Gasteiger partial charge is 0.326 e. The molecule has 0 aliphatic heterocycles. The van der Waals surface area contributed by atoms with E-state index in [4.69, 9.17) is 0 Å². The van der Waals surface area contributed by atoms with Crippen molar-refractivity contribution in [3.05, 3.63) is 29.8 Å².